The number of carbonyl (C=O) groups is 1. The number of hydrogen-bond acceptors (Lipinski definition) is 3. The van der Waals surface area contributed by atoms with Crippen molar-refractivity contribution in [3.63, 3.8) is 0 Å². The van der Waals surface area contributed by atoms with Gasteiger partial charge in [0.15, 0.2) is 5.69 Å². The zero-order valence-corrected chi connectivity index (χ0v) is 18.1. The van der Waals surface area contributed by atoms with E-state index in [0.717, 1.165) is 16.9 Å². The monoisotopic (exact) mass is 553 g/mol. The molecule has 1 aliphatic rings. The van der Waals surface area contributed by atoms with Gasteiger partial charge in [-0.25, -0.2) is 9.07 Å². The summed E-state index contributed by atoms with van der Waals surface area (Å²) in [6.07, 6.45) is -2.09. The molecule has 0 saturated carbocycles. The van der Waals surface area contributed by atoms with Gasteiger partial charge in [0.2, 0.25) is 0 Å². The summed E-state index contributed by atoms with van der Waals surface area (Å²) in [6.45, 7) is 1.69. The molecule has 6 nitrogen and oxygen atoms in total. The van der Waals surface area contributed by atoms with Crippen molar-refractivity contribution < 1.29 is 22.4 Å². The maximum Gasteiger partial charge on any atom is 0.435 e. The Kier molecular flexibility index (Phi) is 5.29. The lowest BCUT2D eigenvalue weighted by Crippen LogP contribution is -2.33. The number of rotatable bonds is 3. The van der Waals surface area contributed by atoms with Crippen LogP contribution in [0.1, 0.15) is 18.7 Å². The fourth-order valence-electron chi connectivity index (χ4n) is 3.40. The van der Waals surface area contributed by atoms with Crippen LogP contribution in [0.5, 0.6) is 0 Å². The average Bonchev–Trinajstić information content (AvgIpc) is 3.34. The van der Waals surface area contributed by atoms with Gasteiger partial charge < -0.3 is 4.90 Å². The molecule has 1 aromatic carbocycles. The van der Waals surface area contributed by atoms with E-state index < -0.39 is 41.1 Å². The van der Waals surface area contributed by atoms with E-state index in [-0.39, 0.29) is 0 Å². The third-order valence-electron chi connectivity index (χ3n) is 4.85. The molecule has 1 fully saturated rings. The van der Waals surface area contributed by atoms with Crippen LogP contribution < -0.4 is 4.90 Å². The zero-order valence-electron chi connectivity index (χ0n) is 15.2. The molecule has 30 heavy (non-hydrogen) atoms. The standard InChI is InChI=1S/C18H13ClF4IN5O/c1-9-14(19)15(27-6-5-13(26-27)18(21,22)23)17(30)28(9)12-8-25-29(16(12)24)11-4-2-3-10(20)7-11/h2-9,14-15H,1H3. The van der Waals surface area contributed by atoms with Crippen LogP contribution in [0.2, 0.25) is 0 Å². The van der Waals surface area contributed by atoms with E-state index in [9.17, 15) is 22.4 Å². The molecule has 1 saturated heterocycles. The topological polar surface area (TPSA) is 56.0 Å². The number of amides is 1. The first-order valence-corrected chi connectivity index (χ1v) is 10.2. The number of aromatic nitrogens is 4. The molecule has 0 spiro atoms. The van der Waals surface area contributed by atoms with E-state index in [1.54, 1.807) is 13.0 Å². The second-order valence-corrected chi connectivity index (χ2v) is 8.25. The summed E-state index contributed by atoms with van der Waals surface area (Å²) < 4.78 is 55.2. The fourth-order valence-corrected chi connectivity index (χ4v) is 4.54. The highest BCUT2D eigenvalue weighted by atomic mass is 127. The summed E-state index contributed by atoms with van der Waals surface area (Å²) >= 11 is 8.41. The molecule has 12 heteroatoms. The van der Waals surface area contributed by atoms with Gasteiger partial charge in [0.1, 0.15) is 15.6 Å². The van der Waals surface area contributed by atoms with Crippen molar-refractivity contribution in [1.29, 1.82) is 0 Å². The first kappa shape index (κ1) is 21.1. The van der Waals surface area contributed by atoms with E-state index in [0.29, 0.717) is 15.1 Å². The van der Waals surface area contributed by atoms with Crippen molar-refractivity contribution in [3.8, 4) is 5.69 Å². The molecule has 0 aliphatic carbocycles. The molecular formula is C18H13ClF4IN5O. The SMILES string of the molecule is CC1C(Cl)C(n2ccc(C(F)(F)F)n2)C(=O)N1c1cnn(-c2cccc(F)c2)c1I. The van der Waals surface area contributed by atoms with Crippen LogP contribution in [-0.2, 0) is 11.0 Å². The molecule has 4 rings (SSSR count). The molecule has 0 N–H and O–H groups in total. The highest BCUT2D eigenvalue weighted by molar-refractivity contribution is 14.1. The molecule has 0 bridgehead atoms. The number of hydrogen-bond donors (Lipinski definition) is 0. The summed E-state index contributed by atoms with van der Waals surface area (Å²) in [6, 6.07) is 4.95. The van der Waals surface area contributed by atoms with Crippen LogP contribution in [0, 0.1) is 9.52 Å². The first-order valence-electron chi connectivity index (χ1n) is 8.68. The largest absolute Gasteiger partial charge is 0.435 e. The smallest absolute Gasteiger partial charge is 0.302 e. The predicted octanol–water partition coefficient (Wildman–Crippen LogP) is 4.42. The first-order chi connectivity index (χ1) is 14.1. The Labute approximate surface area is 186 Å². The number of anilines is 1. The predicted molar refractivity (Wildman–Crippen MR) is 109 cm³/mol. The Morgan fingerprint density at radius 2 is 1.97 bits per heavy atom. The minimum atomic E-state index is -4.62. The Bertz CT molecular complexity index is 1110. The minimum Gasteiger partial charge on any atom is -0.302 e. The highest BCUT2D eigenvalue weighted by Gasteiger charge is 2.49. The van der Waals surface area contributed by atoms with Crippen molar-refractivity contribution in [2.24, 2.45) is 0 Å². The lowest BCUT2D eigenvalue weighted by molar-refractivity contribution is -0.141. The number of carbonyl (C=O) groups excluding carboxylic acids is 1. The number of benzene rings is 1. The minimum absolute atomic E-state index is 0.425. The van der Waals surface area contributed by atoms with Crippen LogP contribution in [0.25, 0.3) is 5.69 Å². The quantitative estimate of drug-likeness (QED) is 0.274. The van der Waals surface area contributed by atoms with Crippen LogP contribution in [0.4, 0.5) is 23.2 Å². The molecule has 3 unspecified atom stereocenters. The molecule has 0 radical (unpaired) electrons. The van der Waals surface area contributed by atoms with E-state index in [2.05, 4.69) is 10.2 Å². The third-order valence-corrected chi connectivity index (χ3v) is 6.46. The van der Waals surface area contributed by atoms with Crippen molar-refractivity contribution in [1.82, 2.24) is 19.6 Å². The maximum absolute atomic E-state index is 13.6. The van der Waals surface area contributed by atoms with E-state index in [1.165, 1.54) is 34.0 Å². The van der Waals surface area contributed by atoms with Gasteiger partial charge in [-0.2, -0.15) is 23.4 Å². The summed E-state index contributed by atoms with van der Waals surface area (Å²) in [4.78, 5) is 14.5. The molecule has 158 valence electrons. The second kappa shape index (κ2) is 7.52. The van der Waals surface area contributed by atoms with Gasteiger partial charge in [-0.15, -0.1) is 11.6 Å². The van der Waals surface area contributed by atoms with Crippen LogP contribution in [0.15, 0.2) is 42.7 Å². The van der Waals surface area contributed by atoms with Gasteiger partial charge in [-0.1, -0.05) is 6.07 Å². The third kappa shape index (κ3) is 3.47. The molecule has 3 aromatic rings. The van der Waals surface area contributed by atoms with E-state index >= 15 is 0 Å². The van der Waals surface area contributed by atoms with Crippen molar-refractivity contribution in [2.45, 2.75) is 30.6 Å². The van der Waals surface area contributed by atoms with Gasteiger partial charge >= 0.3 is 6.18 Å². The van der Waals surface area contributed by atoms with E-state index in [1.807, 2.05) is 22.6 Å². The Balaban J connectivity index is 1.69. The number of nitrogens with zero attached hydrogens (tertiary/aromatic N) is 5. The summed E-state index contributed by atoms with van der Waals surface area (Å²) in [5, 5.41) is 6.91. The van der Waals surface area contributed by atoms with Crippen molar-refractivity contribution in [2.75, 3.05) is 4.90 Å². The molecule has 2 aromatic heterocycles. The zero-order chi connectivity index (χ0) is 21.8. The number of halogens is 6. The Morgan fingerprint density at radius 3 is 2.60 bits per heavy atom. The van der Waals surface area contributed by atoms with Crippen LogP contribution in [-0.4, -0.2) is 36.9 Å². The molecule has 1 amide bonds. The summed E-state index contributed by atoms with van der Waals surface area (Å²) in [7, 11) is 0. The maximum atomic E-state index is 13.6. The molecule has 3 atom stereocenters. The van der Waals surface area contributed by atoms with Gasteiger partial charge in [0.25, 0.3) is 5.91 Å². The van der Waals surface area contributed by atoms with Gasteiger partial charge in [0, 0.05) is 6.20 Å². The average molecular weight is 554 g/mol. The second-order valence-electron chi connectivity index (χ2n) is 6.73. The van der Waals surface area contributed by atoms with E-state index in [4.69, 9.17) is 11.6 Å². The lowest BCUT2D eigenvalue weighted by Gasteiger charge is -2.21. The van der Waals surface area contributed by atoms with Gasteiger partial charge in [-0.3, -0.25) is 9.48 Å². The lowest BCUT2D eigenvalue weighted by atomic mass is 10.2. The van der Waals surface area contributed by atoms with Gasteiger partial charge in [-0.05, 0) is 53.8 Å². The van der Waals surface area contributed by atoms with Gasteiger partial charge in [0.05, 0.1) is 29.0 Å². The molecular weight excluding hydrogens is 541 g/mol. The Morgan fingerprint density at radius 1 is 1.23 bits per heavy atom. The fraction of sp³-hybridized carbons (Fsp3) is 0.278. The van der Waals surface area contributed by atoms with Crippen molar-refractivity contribution >= 4 is 45.8 Å². The number of alkyl halides is 4. The van der Waals surface area contributed by atoms with Crippen molar-refractivity contribution in [3.05, 3.63) is 57.9 Å². The highest BCUT2D eigenvalue weighted by Crippen LogP contribution is 2.39. The Hall–Kier alpha value is -2.15. The molecule has 3 heterocycles. The van der Waals surface area contributed by atoms with Crippen LogP contribution in [0.3, 0.4) is 0 Å². The summed E-state index contributed by atoms with van der Waals surface area (Å²) in [5.74, 6) is -0.943. The summed E-state index contributed by atoms with van der Waals surface area (Å²) in [5.41, 5.74) is -0.210. The molecule has 1 aliphatic heterocycles. The normalized spacial score (nSPS) is 22.2. The van der Waals surface area contributed by atoms with Crippen LogP contribution >= 0.6 is 34.2 Å².